The van der Waals surface area contributed by atoms with Crippen molar-refractivity contribution in [3.05, 3.63) is 144 Å². The van der Waals surface area contributed by atoms with Gasteiger partial charge in [0.1, 0.15) is 12.0 Å². The average molecular weight is 488 g/mol. The van der Waals surface area contributed by atoms with Crippen LogP contribution < -0.4 is 5.32 Å². The van der Waals surface area contributed by atoms with Crippen molar-refractivity contribution in [1.29, 1.82) is 0 Å². The Morgan fingerprint density at radius 3 is 2.24 bits per heavy atom. The molecule has 1 fully saturated rings. The SMILES string of the molecule is C1=CC2C(=C1)C2C1N=C(c2cccc(-c3ccccc3)c2)N=C(c2ccc3ccc4ccccc4c3c2)N1. The van der Waals surface area contributed by atoms with Crippen molar-refractivity contribution in [1.82, 2.24) is 5.32 Å². The van der Waals surface area contributed by atoms with Gasteiger partial charge in [-0.25, -0.2) is 9.98 Å². The van der Waals surface area contributed by atoms with Gasteiger partial charge in [-0.1, -0.05) is 121 Å². The molecule has 0 bridgehead atoms. The second-order valence-corrected chi connectivity index (χ2v) is 10.3. The topological polar surface area (TPSA) is 36.8 Å². The Bertz CT molecular complexity index is 1860. The summed E-state index contributed by atoms with van der Waals surface area (Å²) in [6.45, 7) is 0. The summed E-state index contributed by atoms with van der Waals surface area (Å²) < 4.78 is 0. The number of nitrogens with one attached hydrogen (secondary N) is 1. The van der Waals surface area contributed by atoms with Crippen LogP contribution in [0.25, 0.3) is 32.7 Å². The molecule has 3 nitrogen and oxygen atoms in total. The number of hydrogen-bond acceptors (Lipinski definition) is 3. The molecule has 0 aromatic heterocycles. The zero-order valence-electron chi connectivity index (χ0n) is 20.8. The Morgan fingerprint density at radius 1 is 0.605 bits per heavy atom. The largest absolute Gasteiger partial charge is 0.347 e. The summed E-state index contributed by atoms with van der Waals surface area (Å²) in [5, 5.41) is 8.69. The molecule has 5 aromatic rings. The van der Waals surface area contributed by atoms with E-state index in [9.17, 15) is 0 Å². The Balaban J connectivity index is 1.24. The molecule has 0 amide bonds. The zero-order chi connectivity index (χ0) is 25.1. The summed E-state index contributed by atoms with van der Waals surface area (Å²) in [5.74, 6) is 2.55. The predicted octanol–water partition coefficient (Wildman–Crippen LogP) is 7.52. The number of nitrogens with zero attached hydrogens (tertiary/aromatic N) is 2. The summed E-state index contributed by atoms with van der Waals surface area (Å²) in [6.07, 6.45) is 6.66. The Kier molecular flexibility index (Phi) is 4.71. The number of rotatable bonds is 4. The smallest absolute Gasteiger partial charge is 0.159 e. The van der Waals surface area contributed by atoms with Crippen LogP contribution in [0.5, 0.6) is 0 Å². The molecule has 3 aliphatic rings. The second kappa shape index (κ2) is 8.39. The molecule has 3 atom stereocenters. The lowest BCUT2D eigenvalue weighted by atomic mass is 9.99. The highest BCUT2D eigenvalue weighted by atomic mass is 15.2. The average Bonchev–Trinajstić information content (AvgIpc) is 3.48. The summed E-state index contributed by atoms with van der Waals surface area (Å²) >= 11 is 0. The minimum absolute atomic E-state index is 0.0395. The van der Waals surface area contributed by atoms with Crippen LogP contribution in [-0.4, -0.2) is 17.8 Å². The van der Waals surface area contributed by atoms with Gasteiger partial charge in [-0.05, 0) is 44.8 Å². The molecule has 0 radical (unpaired) electrons. The molecule has 5 aromatic carbocycles. The van der Waals surface area contributed by atoms with Gasteiger partial charge in [-0.15, -0.1) is 0 Å². The van der Waals surface area contributed by atoms with Gasteiger partial charge in [-0.2, -0.15) is 0 Å². The van der Waals surface area contributed by atoms with Gasteiger partial charge in [0.2, 0.25) is 0 Å². The first-order valence-corrected chi connectivity index (χ1v) is 13.2. The zero-order valence-corrected chi connectivity index (χ0v) is 20.8. The maximum atomic E-state index is 5.16. The van der Waals surface area contributed by atoms with Crippen molar-refractivity contribution in [2.24, 2.45) is 21.8 Å². The molecule has 0 spiro atoms. The highest BCUT2D eigenvalue weighted by Gasteiger charge is 2.49. The van der Waals surface area contributed by atoms with Crippen LogP contribution in [0.15, 0.2) is 143 Å². The third kappa shape index (κ3) is 3.51. The molecule has 8 rings (SSSR count). The van der Waals surface area contributed by atoms with Crippen LogP contribution in [0, 0.1) is 11.8 Å². The van der Waals surface area contributed by atoms with E-state index in [1.165, 1.54) is 38.2 Å². The number of amidine groups is 2. The lowest BCUT2D eigenvalue weighted by molar-refractivity contribution is 0.548. The fourth-order valence-corrected chi connectivity index (χ4v) is 5.99. The van der Waals surface area contributed by atoms with Gasteiger partial charge in [0.05, 0.1) is 0 Å². The molecule has 1 aliphatic heterocycles. The van der Waals surface area contributed by atoms with Crippen molar-refractivity contribution < 1.29 is 0 Å². The molecule has 1 N–H and O–H groups in total. The molecular formula is C35H25N3. The Morgan fingerprint density at radius 2 is 1.37 bits per heavy atom. The standard InChI is InChI=1S/C35H25N3/c1-2-8-22(9-3-1)25-11-6-12-26(20-25)33-36-34(38-35(37-33)32-29-14-7-15-30(29)32)27-19-18-24-17-16-23-10-4-5-13-28(23)31(24)21-27/h1-21,29,32,35H,(H,36,37,38). The minimum atomic E-state index is -0.0395. The van der Waals surface area contributed by atoms with Crippen molar-refractivity contribution in [2.45, 2.75) is 6.17 Å². The van der Waals surface area contributed by atoms with E-state index in [-0.39, 0.29) is 6.17 Å². The number of hydrogen-bond donors (Lipinski definition) is 1. The number of aliphatic imine (C=N–C) groups is 2. The van der Waals surface area contributed by atoms with Gasteiger partial charge in [0, 0.05) is 23.0 Å². The van der Waals surface area contributed by atoms with Crippen LogP contribution in [0.4, 0.5) is 0 Å². The van der Waals surface area contributed by atoms with E-state index in [0.29, 0.717) is 11.8 Å². The maximum Gasteiger partial charge on any atom is 0.159 e. The molecule has 2 aliphatic carbocycles. The van der Waals surface area contributed by atoms with Crippen molar-refractivity contribution in [3.63, 3.8) is 0 Å². The fraction of sp³-hybridized carbons (Fsp3) is 0.0857. The van der Waals surface area contributed by atoms with Crippen LogP contribution in [0.1, 0.15) is 11.1 Å². The monoisotopic (exact) mass is 487 g/mol. The van der Waals surface area contributed by atoms with Crippen molar-refractivity contribution in [2.75, 3.05) is 0 Å². The summed E-state index contributed by atoms with van der Waals surface area (Å²) in [4.78, 5) is 10.3. The van der Waals surface area contributed by atoms with Crippen LogP contribution in [0.2, 0.25) is 0 Å². The summed E-state index contributed by atoms with van der Waals surface area (Å²) in [6, 6.07) is 38.7. The summed E-state index contributed by atoms with van der Waals surface area (Å²) in [7, 11) is 0. The highest BCUT2D eigenvalue weighted by Crippen LogP contribution is 2.52. The first-order chi connectivity index (χ1) is 18.8. The quantitative estimate of drug-likeness (QED) is 0.262. The number of allylic oxidation sites excluding steroid dienone is 3. The van der Waals surface area contributed by atoms with Crippen LogP contribution in [0.3, 0.4) is 0 Å². The predicted molar refractivity (Wildman–Crippen MR) is 158 cm³/mol. The Hall–Kier alpha value is -4.76. The van der Waals surface area contributed by atoms with Gasteiger partial charge >= 0.3 is 0 Å². The van der Waals surface area contributed by atoms with E-state index >= 15 is 0 Å². The normalized spacial score (nSPS) is 21.5. The lowest BCUT2D eigenvalue weighted by Crippen LogP contribution is -2.40. The molecule has 0 saturated heterocycles. The fourth-order valence-electron chi connectivity index (χ4n) is 5.99. The summed E-state index contributed by atoms with van der Waals surface area (Å²) in [5.41, 5.74) is 5.95. The molecule has 38 heavy (non-hydrogen) atoms. The van der Waals surface area contributed by atoms with Gasteiger partial charge < -0.3 is 5.32 Å². The molecule has 3 unspecified atom stereocenters. The molecule has 1 heterocycles. The maximum absolute atomic E-state index is 5.16. The second-order valence-electron chi connectivity index (χ2n) is 10.3. The third-order valence-electron chi connectivity index (χ3n) is 8.01. The lowest BCUT2D eigenvalue weighted by Gasteiger charge is -2.24. The first kappa shape index (κ1) is 21.3. The first-order valence-electron chi connectivity index (χ1n) is 13.2. The number of fused-ring (bicyclic) bond motifs is 4. The molecule has 1 saturated carbocycles. The molecule has 180 valence electrons. The third-order valence-corrected chi connectivity index (χ3v) is 8.01. The Labute approximate surface area is 221 Å². The van der Waals surface area contributed by atoms with Crippen molar-refractivity contribution >= 4 is 33.2 Å². The minimum Gasteiger partial charge on any atom is -0.347 e. The van der Waals surface area contributed by atoms with Crippen molar-refractivity contribution in [3.8, 4) is 11.1 Å². The van der Waals surface area contributed by atoms with Gasteiger partial charge in [-0.3, -0.25) is 0 Å². The van der Waals surface area contributed by atoms with E-state index in [4.69, 9.17) is 9.98 Å². The van der Waals surface area contributed by atoms with Crippen LogP contribution >= 0.6 is 0 Å². The highest BCUT2D eigenvalue weighted by molar-refractivity contribution is 6.16. The molecule has 3 heteroatoms. The van der Waals surface area contributed by atoms with E-state index in [1.54, 1.807) is 0 Å². The van der Waals surface area contributed by atoms with E-state index in [0.717, 1.165) is 22.8 Å². The van der Waals surface area contributed by atoms with E-state index in [1.807, 2.05) is 6.07 Å². The number of benzene rings is 5. The van der Waals surface area contributed by atoms with Gasteiger partial charge in [0.15, 0.2) is 5.84 Å². The van der Waals surface area contributed by atoms with E-state index < -0.39 is 0 Å². The molecular weight excluding hydrogens is 462 g/mol. The van der Waals surface area contributed by atoms with Crippen LogP contribution in [-0.2, 0) is 0 Å². The van der Waals surface area contributed by atoms with E-state index in [2.05, 4.69) is 127 Å². The van der Waals surface area contributed by atoms with Gasteiger partial charge in [0.25, 0.3) is 0 Å².